The lowest BCUT2D eigenvalue weighted by Gasteiger charge is -2.03. The molecule has 30 heavy (non-hydrogen) atoms. The molecule has 1 N–H and O–H groups in total. The highest BCUT2D eigenvalue weighted by Crippen LogP contribution is 2.32. The van der Waals surface area contributed by atoms with Crippen LogP contribution in [0.4, 0.5) is 10.8 Å². The molecule has 0 atom stereocenters. The van der Waals surface area contributed by atoms with Crippen LogP contribution in [-0.2, 0) is 16.1 Å². The molecule has 3 rings (SSSR count). The summed E-state index contributed by atoms with van der Waals surface area (Å²) < 4.78 is 6.36. The summed E-state index contributed by atoms with van der Waals surface area (Å²) in [6.07, 6.45) is 0. The van der Waals surface area contributed by atoms with Crippen LogP contribution in [0.5, 0.6) is 0 Å². The Morgan fingerprint density at radius 2 is 1.97 bits per heavy atom. The van der Waals surface area contributed by atoms with Crippen LogP contribution in [0.25, 0.3) is 11.3 Å². The number of nitrogens with zero attached hydrogens (tertiary/aromatic N) is 4. The molecule has 0 aliphatic heterocycles. The molecule has 0 aliphatic rings. The van der Waals surface area contributed by atoms with Gasteiger partial charge in [-0.05, 0) is 20.8 Å². The number of nitrogens with one attached hydrogen (secondary N) is 1. The maximum Gasteiger partial charge on any atom is 0.350 e. The third kappa shape index (κ3) is 4.35. The summed E-state index contributed by atoms with van der Waals surface area (Å²) >= 11 is 1.00. The van der Waals surface area contributed by atoms with Gasteiger partial charge in [-0.3, -0.25) is 19.6 Å². The summed E-state index contributed by atoms with van der Waals surface area (Å²) in [7, 11) is 0. The van der Waals surface area contributed by atoms with Gasteiger partial charge in [0.15, 0.2) is 5.13 Å². The summed E-state index contributed by atoms with van der Waals surface area (Å²) in [5, 5.41) is 18.0. The van der Waals surface area contributed by atoms with Crippen LogP contribution in [0.15, 0.2) is 30.3 Å². The maximum absolute atomic E-state index is 12.5. The molecule has 2 heterocycles. The minimum Gasteiger partial charge on any atom is -0.462 e. The van der Waals surface area contributed by atoms with Crippen LogP contribution in [0.2, 0.25) is 0 Å². The molecule has 156 valence electrons. The Morgan fingerprint density at radius 1 is 1.27 bits per heavy atom. The minimum atomic E-state index is -0.525. The molecular weight excluding hydrogens is 410 g/mol. The number of nitro groups is 1. The molecule has 0 radical (unpaired) electrons. The number of thiazole rings is 1. The summed E-state index contributed by atoms with van der Waals surface area (Å²) in [6.45, 7) is 4.73. The van der Waals surface area contributed by atoms with Crippen LogP contribution in [0.1, 0.15) is 28.0 Å². The molecule has 0 saturated carbocycles. The molecule has 1 amide bonds. The first-order chi connectivity index (χ1) is 14.3. The standard InChI is InChI=1S/C19H19N5O5S/c1-4-29-18(26)17-15(13-8-6-5-7-9-13)21-19(30-17)20-14(25)10-23-12(3)16(24(27)28)11(2)22-23/h5-9H,4,10H2,1-3H3,(H,20,21,25). The van der Waals surface area contributed by atoms with Gasteiger partial charge in [0.05, 0.1) is 17.2 Å². The van der Waals surface area contributed by atoms with Crippen molar-refractivity contribution in [2.24, 2.45) is 0 Å². The molecule has 0 aliphatic carbocycles. The first kappa shape index (κ1) is 21.1. The van der Waals surface area contributed by atoms with Crippen molar-refractivity contribution >= 4 is 34.0 Å². The second kappa shape index (κ2) is 8.82. The fourth-order valence-corrected chi connectivity index (χ4v) is 3.80. The number of ether oxygens (including phenoxy) is 1. The fraction of sp³-hybridized carbons (Fsp3) is 0.263. The average molecular weight is 429 g/mol. The number of amides is 1. The van der Waals surface area contributed by atoms with E-state index in [0.29, 0.717) is 11.3 Å². The molecule has 11 heteroatoms. The van der Waals surface area contributed by atoms with Gasteiger partial charge in [0.25, 0.3) is 0 Å². The Kier molecular flexibility index (Phi) is 6.21. The van der Waals surface area contributed by atoms with Gasteiger partial charge in [-0.1, -0.05) is 41.7 Å². The second-order valence-electron chi connectivity index (χ2n) is 6.27. The summed E-state index contributed by atoms with van der Waals surface area (Å²) in [4.78, 5) is 40.1. The zero-order chi connectivity index (χ0) is 21.8. The lowest BCUT2D eigenvalue weighted by atomic mass is 10.1. The Morgan fingerprint density at radius 3 is 2.57 bits per heavy atom. The van der Waals surface area contributed by atoms with E-state index >= 15 is 0 Å². The third-order valence-electron chi connectivity index (χ3n) is 4.20. The van der Waals surface area contributed by atoms with E-state index in [1.807, 2.05) is 18.2 Å². The lowest BCUT2D eigenvalue weighted by molar-refractivity contribution is -0.386. The zero-order valence-electron chi connectivity index (χ0n) is 16.5. The van der Waals surface area contributed by atoms with Crippen LogP contribution in [-0.4, -0.2) is 38.2 Å². The maximum atomic E-state index is 12.5. The van der Waals surface area contributed by atoms with E-state index in [0.717, 1.165) is 11.3 Å². The summed E-state index contributed by atoms with van der Waals surface area (Å²) in [5.74, 6) is -0.997. The highest BCUT2D eigenvalue weighted by Gasteiger charge is 2.24. The largest absolute Gasteiger partial charge is 0.462 e. The van der Waals surface area contributed by atoms with Crippen molar-refractivity contribution < 1.29 is 19.2 Å². The fourth-order valence-electron chi connectivity index (χ4n) is 2.90. The highest BCUT2D eigenvalue weighted by atomic mass is 32.1. The molecular formula is C19H19N5O5S. The van der Waals surface area contributed by atoms with E-state index in [1.165, 1.54) is 18.5 Å². The van der Waals surface area contributed by atoms with Gasteiger partial charge in [-0.15, -0.1) is 0 Å². The van der Waals surface area contributed by atoms with E-state index in [1.54, 1.807) is 19.1 Å². The highest BCUT2D eigenvalue weighted by molar-refractivity contribution is 7.18. The predicted octanol–water partition coefficient (Wildman–Crippen LogP) is 3.35. The summed E-state index contributed by atoms with van der Waals surface area (Å²) in [5.41, 5.74) is 1.52. The van der Waals surface area contributed by atoms with Crippen LogP contribution >= 0.6 is 11.3 Å². The van der Waals surface area contributed by atoms with Crippen molar-refractivity contribution in [3.05, 3.63) is 56.7 Å². The molecule has 0 saturated heterocycles. The van der Waals surface area contributed by atoms with Crippen molar-refractivity contribution in [2.75, 3.05) is 11.9 Å². The van der Waals surface area contributed by atoms with Gasteiger partial charge in [0.1, 0.15) is 22.8 Å². The Bertz CT molecular complexity index is 1110. The van der Waals surface area contributed by atoms with Crippen molar-refractivity contribution in [3.63, 3.8) is 0 Å². The van der Waals surface area contributed by atoms with Gasteiger partial charge < -0.3 is 10.1 Å². The van der Waals surface area contributed by atoms with Gasteiger partial charge >= 0.3 is 11.7 Å². The molecule has 0 spiro atoms. The predicted molar refractivity (Wildman–Crippen MR) is 110 cm³/mol. The number of rotatable bonds is 7. The summed E-state index contributed by atoms with van der Waals surface area (Å²) in [6, 6.07) is 9.09. The van der Waals surface area contributed by atoms with Gasteiger partial charge in [0, 0.05) is 5.56 Å². The van der Waals surface area contributed by atoms with Crippen LogP contribution in [0.3, 0.4) is 0 Å². The van der Waals surface area contributed by atoms with Crippen molar-refractivity contribution in [1.82, 2.24) is 14.8 Å². The topological polar surface area (TPSA) is 129 Å². The number of aromatic nitrogens is 3. The van der Waals surface area contributed by atoms with E-state index in [-0.39, 0.29) is 40.2 Å². The Balaban J connectivity index is 1.85. The first-order valence-electron chi connectivity index (χ1n) is 9.03. The van der Waals surface area contributed by atoms with Crippen LogP contribution in [0, 0.1) is 24.0 Å². The monoisotopic (exact) mass is 429 g/mol. The van der Waals surface area contributed by atoms with E-state index in [4.69, 9.17) is 4.74 Å². The average Bonchev–Trinajstić information content (AvgIpc) is 3.23. The Hall–Kier alpha value is -3.60. The SMILES string of the molecule is CCOC(=O)c1sc(NC(=O)Cn2nc(C)c([N+](=O)[O-])c2C)nc1-c1ccccc1. The molecule has 0 unspecified atom stereocenters. The molecule has 1 aromatic carbocycles. The first-order valence-corrected chi connectivity index (χ1v) is 9.85. The zero-order valence-corrected chi connectivity index (χ0v) is 17.4. The lowest BCUT2D eigenvalue weighted by Crippen LogP contribution is -2.20. The normalized spacial score (nSPS) is 10.6. The molecule has 2 aromatic heterocycles. The second-order valence-corrected chi connectivity index (χ2v) is 7.26. The minimum absolute atomic E-state index is 0.118. The number of carbonyl (C=O) groups excluding carboxylic acids is 2. The number of esters is 1. The number of carbonyl (C=O) groups is 2. The number of anilines is 1. The van der Waals surface area contributed by atoms with E-state index in [2.05, 4.69) is 15.4 Å². The van der Waals surface area contributed by atoms with Gasteiger partial charge in [0.2, 0.25) is 5.91 Å². The Labute approximate surface area is 175 Å². The van der Waals surface area contributed by atoms with Crippen LogP contribution < -0.4 is 5.32 Å². The van der Waals surface area contributed by atoms with Gasteiger partial charge in [-0.2, -0.15) is 5.10 Å². The van der Waals surface area contributed by atoms with E-state index < -0.39 is 16.8 Å². The number of benzene rings is 1. The van der Waals surface area contributed by atoms with Crippen molar-refractivity contribution in [2.45, 2.75) is 27.3 Å². The van der Waals surface area contributed by atoms with Gasteiger partial charge in [-0.25, -0.2) is 9.78 Å². The third-order valence-corrected chi connectivity index (χ3v) is 5.15. The molecule has 0 bridgehead atoms. The number of hydrogen-bond donors (Lipinski definition) is 1. The van der Waals surface area contributed by atoms with Crippen molar-refractivity contribution in [1.29, 1.82) is 0 Å². The molecule has 10 nitrogen and oxygen atoms in total. The van der Waals surface area contributed by atoms with Crippen molar-refractivity contribution in [3.8, 4) is 11.3 Å². The quantitative estimate of drug-likeness (QED) is 0.346. The number of aryl methyl sites for hydroxylation is 1. The molecule has 0 fully saturated rings. The number of hydrogen-bond acceptors (Lipinski definition) is 8. The molecule has 3 aromatic rings. The van der Waals surface area contributed by atoms with E-state index in [9.17, 15) is 19.7 Å². The smallest absolute Gasteiger partial charge is 0.350 e.